The normalized spacial score (nSPS) is 24.0. The number of rotatable bonds is 6. The number of nitrogens with one attached hydrogen (secondary N) is 1. The molecular weight excluding hydrogens is 362 g/mol. The molecule has 0 aliphatic carbocycles. The molecule has 0 bridgehead atoms. The van der Waals surface area contributed by atoms with Crippen molar-refractivity contribution in [3.05, 3.63) is 29.8 Å². The Morgan fingerprint density at radius 1 is 1.28 bits per heavy atom. The minimum atomic E-state index is -1.33. The van der Waals surface area contributed by atoms with Gasteiger partial charge >= 0.3 is 5.97 Å². The van der Waals surface area contributed by atoms with E-state index in [1.165, 1.54) is 23.5 Å². The van der Waals surface area contributed by atoms with Crippen LogP contribution in [0.3, 0.4) is 0 Å². The number of thioether (sulfide) groups is 2. The van der Waals surface area contributed by atoms with E-state index in [-0.39, 0.29) is 19.6 Å². The molecule has 2 aliphatic rings. The lowest BCUT2D eigenvalue weighted by atomic mass is 9.99. The minimum absolute atomic E-state index is 0.0144. The van der Waals surface area contributed by atoms with Crippen molar-refractivity contribution >= 4 is 35.4 Å². The monoisotopic (exact) mass is 383 g/mol. The third kappa shape index (κ3) is 4.62. The van der Waals surface area contributed by atoms with Gasteiger partial charge in [-0.05, 0) is 35.6 Å². The maximum absolute atomic E-state index is 12.0. The lowest BCUT2D eigenvalue weighted by Gasteiger charge is -2.23. The van der Waals surface area contributed by atoms with E-state index >= 15 is 0 Å². The number of carbonyl (C=O) groups excluding carboxylic acids is 1. The number of amides is 1. The van der Waals surface area contributed by atoms with Crippen LogP contribution >= 0.6 is 23.5 Å². The van der Waals surface area contributed by atoms with Gasteiger partial charge < -0.3 is 19.9 Å². The second kappa shape index (κ2) is 8.33. The number of carboxylic acid groups (broad SMARTS) is 1. The fraction of sp³-hybridized carbons (Fsp3) is 0.529. The van der Waals surface area contributed by atoms with Crippen molar-refractivity contribution in [2.45, 2.75) is 23.0 Å². The SMILES string of the molecule is O=C(COc1ccc(C2SCCCS2)cc1)NC1(C(=O)O)CCOC1. The van der Waals surface area contributed by atoms with E-state index in [1.807, 2.05) is 47.8 Å². The topological polar surface area (TPSA) is 84.9 Å². The van der Waals surface area contributed by atoms with Crippen LogP contribution in [0.5, 0.6) is 5.75 Å². The van der Waals surface area contributed by atoms with Crippen molar-refractivity contribution in [3.63, 3.8) is 0 Å². The molecule has 0 aromatic heterocycles. The van der Waals surface area contributed by atoms with Gasteiger partial charge in [-0.15, -0.1) is 23.5 Å². The zero-order valence-corrected chi connectivity index (χ0v) is 15.4. The van der Waals surface area contributed by atoms with Crippen LogP contribution in [0.1, 0.15) is 23.0 Å². The van der Waals surface area contributed by atoms with Gasteiger partial charge in [0, 0.05) is 13.0 Å². The van der Waals surface area contributed by atoms with Gasteiger partial charge in [0.15, 0.2) is 12.1 Å². The molecule has 1 aromatic rings. The highest BCUT2D eigenvalue weighted by Gasteiger charge is 2.43. The predicted octanol–water partition coefficient (Wildman–Crippen LogP) is 2.29. The molecular formula is C17H21NO5S2. The van der Waals surface area contributed by atoms with Crippen LogP contribution in [-0.4, -0.2) is 53.8 Å². The number of carboxylic acids is 1. The molecule has 2 fully saturated rings. The van der Waals surface area contributed by atoms with Gasteiger partial charge in [-0.3, -0.25) is 4.79 Å². The smallest absolute Gasteiger partial charge is 0.331 e. The van der Waals surface area contributed by atoms with Crippen LogP contribution in [0.15, 0.2) is 24.3 Å². The van der Waals surface area contributed by atoms with Gasteiger partial charge in [-0.1, -0.05) is 12.1 Å². The fourth-order valence-electron chi connectivity index (χ4n) is 2.74. The molecule has 2 heterocycles. The van der Waals surface area contributed by atoms with Gasteiger partial charge in [0.1, 0.15) is 5.75 Å². The summed E-state index contributed by atoms with van der Waals surface area (Å²) in [7, 11) is 0. The zero-order chi connectivity index (χ0) is 17.7. The van der Waals surface area contributed by atoms with Gasteiger partial charge in [-0.25, -0.2) is 4.79 Å². The second-order valence-electron chi connectivity index (χ2n) is 6.02. The van der Waals surface area contributed by atoms with E-state index in [2.05, 4.69) is 5.32 Å². The number of aliphatic carboxylic acids is 1. The molecule has 0 radical (unpaired) electrons. The number of benzene rings is 1. The van der Waals surface area contributed by atoms with Crippen LogP contribution in [-0.2, 0) is 14.3 Å². The van der Waals surface area contributed by atoms with Crippen LogP contribution in [0.4, 0.5) is 0 Å². The Morgan fingerprint density at radius 2 is 2.00 bits per heavy atom. The Balaban J connectivity index is 1.51. The van der Waals surface area contributed by atoms with E-state index in [1.54, 1.807) is 0 Å². The molecule has 2 saturated heterocycles. The second-order valence-corrected chi connectivity index (χ2v) is 8.75. The third-order valence-corrected chi connectivity index (χ3v) is 7.17. The molecule has 2 aliphatic heterocycles. The Bertz CT molecular complexity index is 610. The minimum Gasteiger partial charge on any atom is -0.484 e. The van der Waals surface area contributed by atoms with E-state index in [0.717, 1.165) is 0 Å². The van der Waals surface area contributed by atoms with E-state index in [4.69, 9.17) is 9.47 Å². The molecule has 6 nitrogen and oxygen atoms in total. The van der Waals surface area contributed by atoms with Crippen molar-refractivity contribution in [3.8, 4) is 5.75 Å². The zero-order valence-electron chi connectivity index (χ0n) is 13.7. The molecule has 25 heavy (non-hydrogen) atoms. The summed E-state index contributed by atoms with van der Waals surface area (Å²) in [5.41, 5.74) is -0.0841. The Hall–Kier alpha value is -1.38. The first-order chi connectivity index (χ1) is 12.1. The Morgan fingerprint density at radius 3 is 2.60 bits per heavy atom. The molecule has 0 saturated carbocycles. The lowest BCUT2D eigenvalue weighted by Crippen LogP contribution is -2.56. The molecule has 3 rings (SSSR count). The standard InChI is InChI=1S/C17H21NO5S2/c19-14(18-17(16(20)21)6-7-22-11-17)10-23-13-4-2-12(3-5-13)15-24-8-1-9-25-15/h2-5,15H,1,6-11H2,(H,18,19)(H,20,21). The Labute approximate surface area is 155 Å². The maximum Gasteiger partial charge on any atom is 0.331 e. The average Bonchev–Trinajstić information content (AvgIpc) is 3.11. The average molecular weight is 383 g/mol. The van der Waals surface area contributed by atoms with Crippen molar-refractivity contribution < 1.29 is 24.2 Å². The number of carbonyl (C=O) groups is 2. The molecule has 0 spiro atoms. The largest absolute Gasteiger partial charge is 0.484 e. The summed E-state index contributed by atoms with van der Waals surface area (Å²) in [5.74, 6) is 1.42. The van der Waals surface area contributed by atoms with E-state index in [9.17, 15) is 14.7 Å². The summed E-state index contributed by atoms with van der Waals surface area (Å²) in [6.45, 7) is 0.0902. The summed E-state index contributed by atoms with van der Waals surface area (Å²) in [6, 6.07) is 7.74. The van der Waals surface area contributed by atoms with Crippen molar-refractivity contribution in [1.82, 2.24) is 5.32 Å². The summed E-state index contributed by atoms with van der Waals surface area (Å²) in [6.07, 6.45) is 1.52. The number of ether oxygens (including phenoxy) is 2. The first-order valence-electron chi connectivity index (χ1n) is 8.17. The number of hydrogen-bond acceptors (Lipinski definition) is 6. The molecule has 1 unspecified atom stereocenters. The quantitative estimate of drug-likeness (QED) is 0.780. The first-order valence-corrected chi connectivity index (χ1v) is 10.3. The van der Waals surface area contributed by atoms with E-state index < -0.39 is 17.4 Å². The molecule has 1 amide bonds. The summed E-state index contributed by atoms with van der Waals surface area (Å²) < 4.78 is 11.1. The highest BCUT2D eigenvalue weighted by atomic mass is 32.2. The summed E-state index contributed by atoms with van der Waals surface area (Å²) in [5, 5.41) is 11.8. The molecule has 8 heteroatoms. The molecule has 1 aromatic carbocycles. The van der Waals surface area contributed by atoms with Crippen molar-refractivity contribution in [1.29, 1.82) is 0 Å². The van der Waals surface area contributed by atoms with Gasteiger partial charge in [-0.2, -0.15) is 0 Å². The highest BCUT2D eigenvalue weighted by molar-refractivity contribution is 8.16. The maximum atomic E-state index is 12.0. The third-order valence-electron chi connectivity index (χ3n) is 4.16. The van der Waals surface area contributed by atoms with Gasteiger partial charge in [0.2, 0.25) is 0 Å². The van der Waals surface area contributed by atoms with E-state index in [0.29, 0.717) is 16.9 Å². The summed E-state index contributed by atoms with van der Waals surface area (Å²) >= 11 is 3.90. The first kappa shape index (κ1) is 18.4. The van der Waals surface area contributed by atoms with Crippen LogP contribution in [0.25, 0.3) is 0 Å². The highest BCUT2D eigenvalue weighted by Crippen LogP contribution is 2.43. The van der Waals surface area contributed by atoms with Crippen LogP contribution < -0.4 is 10.1 Å². The van der Waals surface area contributed by atoms with Crippen LogP contribution in [0.2, 0.25) is 0 Å². The van der Waals surface area contributed by atoms with Gasteiger partial charge in [0.05, 0.1) is 11.2 Å². The van der Waals surface area contributed by atoms with Gasteiger partial charge in [0.25, 0.3) is 5.91 Å². The van der Waals surface area contributed by atoms with Crippen molar-refractivity contribution in [2.75, 3.05) is 31.3 Å². The van der Waals surface area contributed by atoms with Crippen LogP contribution in [0, 0.1) is 0 Å². The predicted molar refractivity (Wildman–Crippen MR) is 98.2 cm³/mol. The summed E-state index contributed by atoms with van der Waals surface area (Å²) in [4.78, 5) is 23.4. The fourth-order valence-corrected chi connectivity index (χ4v) is 5.63. The molecule has 1 atom stereocenters. The molecule has 2 N–H and O–H groups in total. The number of hydrogen-bond donors (Lipinski definition) is 2. The van der Waals surface area contributed by atoms with Crippen molar-refractivity contribution in [2.24, 2.45) is 0 Å². The Kier molecular flexibility index (Phi) is 6.14. The lowest BCUT2D eigenvalue weighted by molar-refractivity contribution is -0.148. The molecule has 136 valence electrons.